The van der Waals surface area contributed by atoms with Crippen LogP contribution in [-0.4, -0.2) is 27.1 Å². The Morgan fingerprint density at radius 1 is 0.967 bits per heavy atom. The largest absolute Gasteiger partial charge is 0.457 e. The van der Waals surface area contributed by atoms with E-state index in [-0.39, 0.29) is 5.91 Å². The van der Waals surface area contributed by atoms with Crippen LogP contribution in [0, 0.1) is 0 Å². The maximum absolute atomic E-state index is 12.7. The molecule has 0 spiro atoms. The number of carbonyl (C=O) groups is 1. The number of para-hydroxylation sites is 1. The number of carbonyl (C=O) groups excluding carboxylic acids is 1. The predicted molar refractivity (Wildman–Crippen MR) is 118 cm³/mol. The molecule has 7 heteroatoms. The molecule has 1 aliphatic rings. The van der Waals surface area contributed by atoms with E-state index in [4.69, 9.17) is 4.74 Å². The SMILES string of the molecule is CS(=O)(=O)N1CCCc2cc(C(=O)Nc3ccc(Oc4ccccc4)cc3)ccc21. The highest BCUT2D eigenvalue weighted by Crippen LogP contribution is 2.30. The number of benzene rings is 3. The van der Waals surface area contributed by atoms with Crippen molar-refractivity contribution in [1.82, 2.24) is 0 Å². The molecule has 0 saturated carbocycles. The second kappa shape index (κ2) is 8.20. The number of hydrogen-bond acceptors (Lipinski definition) is 4. The minimum atomic E-state index is -3.33. The van der Waals surface area contributed by atoms with E-state index in [0.29, 0.717) is 29.2 Å². The van der Waals surface area contributed by atoms with Crippen molar-refractivity contribution in [3.05, 3.63) is 83.9 Å². The van der Waals surface area contributed by atoms with Gasteiger partial charge in [-0.2, -0.15) is 0 Å². The summed E-state index contributed by atoms with van der Waals surface area (Å²) in [5.41, 5.74) is 2.67. The molecule has 0 aromatic heterocycles. The summed E-state index contributed by atoms with van der Waals surface area (Å²) in [7, 11) is -3.33. The lowest BCUT2D eigenvalue weighted by atomic mass is 10.0. The third-order valence-electron chi connectivity index (χ3n) is 4.91. The predicted octanol–water partition coefficient (Wildman–Crippen LogP) is 4.44. The molecule has 0 unspecified atom stereocenters. The van der Waals surface area contributed by atoms with Gasteiger partial charge in [0.15, 0.2) is 0 Å². The van der Waals surface area contributed by atoms with Gasteiger partial charge < -0.3 is 10.1 Å². The molecule has 4 rings (SSSR count). The van der Waals surface area contributed by atoms with E-state index in [1.165, 1.54) is 10.6 Å². The normalized spacial score (nSPS) is 13.4. The van der Waals surface area contributed by atoms with Gasteiger partial charge >= 0.3 is 0 Å². The van der Waals surface area contributed by atoms with Gasteiger partial charge in [0, 0.05) is 17.8 Å². The van der Waals surface area contributed by atoms with Crippen LogP contribution < -0.4 is 14.4 Å². The van der Waals surface area contributed by atoms with Crippen LogP contribution in [0.4, 0.5) is 11.4 Å². The van der Waals surface area contributed by atoms with Crippen LogP contribution in [0.2, 0.25) is 0 Å². The van der Waals surface area contributed by atoms with E-state index < -0.39 is 10.0 Å². The topological polar surface area (TPSA) is 75.7 Å². The molecule has 1 heterocycles. The number of hydrogen-bond donors (Lipinski definition) is 1. The molecule has 6 nitrogen and oxygen atoms in total. The summed E-state index contributed by atoms with van der Waals surface area (Å²) in [5, 5.41) is 2.87. The first-order valence-electron chi connectivity index (χ1n) is 9.65. The van der Waals surface area contributed by atoms with Crippen LogP contribution in [0.1, 0.15) is 22.3 Å². The van der Waals surface area contributed by atoms with Crippen molar-refractivity contribution in [2.75, 3.05) is 22.4 Å². The van der Waals surface area contributed by atoms with Gasteiger partial charge in [0.1, 0.15) is 11.5 Å². The van der Waals surface area contributed by atoms with Gasteiger partial charge in [0.2, 0.25) is 10.0 Å². The van der Waals surface area contributed by atoms with E-state index in [0.717, 1.165) is 24.2 Å². The van der Waals surface area contributed by atoms with Crippen LogP contribution >= 0.6 is 0 Å². The Morgan fingerprint density at radius 3 is 2.37 bits per heavy atom. The van der Waals surface area contributed by atoms with Crippen molar-refractivity contribution in [1.29, 1.82) is 0 Å². The molecule has 0 saturated heterocycles. The smallest absolute Gasteiger partial charge is 0.255 e. The van der Waals surface area contributed by atoms with Gasteiger partial charge in [-0.1, -0.05) is 18.2 Å². The molecule has 1 N–H and O–H groups in total. The van der Waals surface area contributed by atoms with Gasteiger partial charge in [-0.3, -0.25) is 9.10 Å². The second-order valence-electron chi connectivity index (χ2n) is 7.18. The Morgan fingerprint density at radius 2 is 1.67 bits per heavy atom. The van der Waals surface area contributed by atoms with E-state index in [1.54, 1.807) is 42.5 Å². The highest BCUT2D eigenvalue weighted by Gasteiger charge is 2.24. The monoisotopic (exact) mass is 422 g/mol. The van der Waals surface area contributed by atoms with Crippen molar-refractivity contribution >= 4 is 27.3 Å². The zero-order valence-electron chi connectivity index (χ0n) is 16.5. The van der Waals surface area contributed by atoms with Crippen LogP contribution in [-0.2, 0) is 16.4 Å². The molecule has 0 aliphatic carbocycles. The molecule has 1 aliphatic heterocycles. The molecule has 0 fully saturated rings. The third kappa shape index (κ3) is 4.46. The average molecular weight is 423 g/mol. The number of aryl methyl sites for hydroxylation is 1. The van der Waals surface area contributed by atoms with Crippen molar-refractivity contribution in [3.63, 3.8) is 0 Å². The van der Waals surface area contributed by atoms with Gasteiger partial charge in [0.25, 0.3) is 5.91 Å². The van der Waals surface area contributed by atoms with Gasteiger partial charge in [0.05, 0.1) is 11.9 Å². The Balaban J connectivity index is 1.46. The number of amides is 1. The number of nitrogens with zero attached hydrogens (tertiary/aromatic N) is 1. The first-order chi connectivity index (χ1) is 14.4. The minimum absolute atomic E-state index is 0.244. The summed E-state index contributed by atoms with van der Waals surface area (Å²) in [6.45, 7) is 0.467. The summed E-state index contributed by atoms with van der Waals surface area (Å²) < 4.78 is 31.1. The highest BCUT2D eigenvalue weighted by atomic mass is 32.2. The molecule has 3 aromatic carbocycles. The lowest BCUT2D eigenvalue weighted by Crippen LogP contribution is -2.34. The summed E-state index contributed by atoms with van der Waals surface area (Å²) in [5.74, 6) is 1.17. The number of ether oxygens (including phenoxy) is 1. The number of rotatable bonds is 5. The molecule has 0 atom stereocenters. The number of nitrogens with one attached hydrogen (secondary N) is 1. The molecular weight excluding hydrogens is 400 g/mol. The van der Waals surface area contributed by atoms with E-state index in [2.05, 4.69) is 5.32 Å². The van der Waals surface area contributed by atoms with Gasteiger partial charge in [-0.15, -0.1) is 0 Å². The van der Waals surface area contributed by atoms with Gasteiger partial charge in [-0.05, 0) is 73.0 Å². The van der Waals surface area contributed by atoms with E-state index >= 15 is 0 Å². The average Bonchev–Trinajstić information content (AvgIpc) is 2.74. The lowest BCUT2D eigenvalue weighted by Gasteiger charge is -2.29. The van der Waals surface area contributed by atoms with Gasteiger partial charge in [-0.25, -0.2) is 8.42 Å². The minimum Gasteiger partial charge on any atom is -0.457 e. The number of fused-ring (bicyclic) bond motifs is 1. The maximum atomic E-state index is 12.7. The van der Waals surface area contributed by atoms with Crippen LogP contribution in [0.25, 0.3) is 0 Å². The second-order valence-corrected chi connectivity index (χ2v) is 9.08. The van der Waals surface area contributed by atoms with Crippen LogP contribution in [0.15, 0.2) is 72.8 Å². The molecule has 30 heavy (non-hydrogen) atoms. The Bertz CT molecular complexity index is 1160. The van der Waals surface area contributed by atoms with Crippen molar-refractivity contribution < 1.29 is 17.9 Å². The number of sulfonamides is 1. The fourth-order valence-corrected chi connectivity index (χ4v) is 4.48. The zero-order valence-corrected chi connectivity index (χ0v) is 17.4. The van der Waals surface area contributed by atoms with Crippen molar-refractivity contribution in [2.24, 2.45) is 0 Å². The molecule has 3 aromatic rings. The quantitative estimate of drug-likeness (QED) is 0.659. The van der Waals surface area contributed by atoms with Crippen LogP contribution in [0.3, 0.4) is 0 Å². The fraction of sp³-hybridized carbons (Fsp3) is 0.174. The Kier molecular flexibility index (Phi) is 5.46. The summed E-state index contributed by atoms with van der Waals surface area (Å²) in [6, 6.07) is 21.7. The highest BCUT2D eigenvalue weighted by molar-refractivity contribution is 7.92. The standard InChI is InChI=1S/C23H22N2O4S/c1-30(27,28)25-15-5-6-17-16-18(9-14-22(17)25)23(26)24-19-10-12-21(13-11-19)29-20-7-3-2-4-8-20/h2-4,7-14,16H,5-6,15H2,1H3,(H,24,26). The molecule has 0 bridgehead atoms. The van der Waals surface area contributed by atoms with Crippen LogP contribution in [0.5, 0.6) is 11.5 Å². The summed E-state index contributed by atoms with van der Waals surface area (Å²) in [4.78, 5) is 12.7. The first-order valence-corrected chi connectivity index (χ1v) is 11.5. The van der Waals surface area contributed by atoms with Crippen molar-refractivity contribution in [2.45, 2.75) is 12.8 Å². The summed E-state index contributed by atoms with van der Waals surface area (Å²) >= 11 is 0. The maximum Gasteiger partial charge on any atom is 0.255 e. The molecule has 0 radical (unpaired) electrons. The van der Waals surface area contributed by atoms with Crippen molar-refractivity contribution in [3.8, 4) is 11.5 Å². The third-order valence-corrected chi connectivity index (χ3v) is 6.09. The van der Waals surface area contributed by atoms with E-state index in [1.807, 2.05) is 30.3 Å². The van der Waals surface area contributed by atoms with E-state index in [9.17, 15) is 13.2 Å². The lowest BCUT2D eigenvalue weighted by molar-refractivity contribution is 0.102. The zero-order chi connectivity index (χ0) is 21.1. The summed E-state index contributed by atoms with van der Waals surface area (Å²) in [6.07, 6.45) is 2.68. The molecule has 1 amide bonds. The molecule has 154 valence electrons. The fourth-order valence-electron chi connectivity index (χ4n) is 3.48. The first kappa shape index (κ1) is 20.0. The number of anilines is 2. The molecular formula is C23H22N2O4S. The Hall–Kier alpha value is -3.32. The Labute approximate surface area is 176 Å².